The second-order valence-corrected chi connectivity index (χ2v) is 6.14. The number of hydrogen-bond donors (Lipinski definition) is 1. The standard InChI is InChI=1S/C13H24N2OS/c1-17-9-5-4-8-15-12(16)10-14-13(15)11-6-2-3-7-11/h11,13-14H,2-10H2,1H3. The van der Waals surface area contributed by atoms with E-state index in [1.54, 1.807) is 0 Å². The van der Waals surface area contributed by atoms with Crippen LogP contribution in [-0.4, -0.2) is 42.1 Å². The lowest BCUT2D eigenvalue weighted by Crippen LogP contribution is -2.42. The Morgan fingerprint density at radius 1 is 1.35 bits per heavy atom. The lowest BCUT2D eigenvalue weighted by molar-refractivity contribution is -0.128. The van der Waals surface area contributed by atoms with E-state index in [-0.39, 0.29) is 0 Å². The minimum absolute atomic E-state index is 0.311. The average molecular weight is 256 g/mol. The number of nitrogens with zero attached hydrogens (tertiary/aromatic N) is 1. The predicted octanol–water partition coefficient (Wildman–Crippen LogP) is 2.08. The van der Waals surface area contributed by atoms with Gasteiger partial charge in [-0.25, -0.2) is 0 Å². The molecule has 0 aromatic rings. The van der Waals surface area contributed by atoms with Crippen LogP contribution < -0.4 is 5.32 Å². The van der Waals surface area contributed by atoms with E-state index in [4.69, 9.17) is 0 Å². The minimum atomic E-state index is 0.311. The molecule has 2 fully saturated rings. The Labute approximate surface area is 109 Å². The summed E-state index contributed by atoms with van der Waals surface area (Å²) in [4.78, 5) is 14.0. The van der Waals surface area contributed by atoms with Crippen molar-refractivity contribution < 1.29 is 4.79 Å². The summed E-state index contributed by atoms with van der Waals surface area (Å²) in [5.41, 5.74) is 0. The molecule has 1 amide bonds. The third kappa shape index (κ3) is 3.38. The largest absolute Gasteiger partial charge is 0.326 e. The topological polar surface area (TPSA) is 32.3 Å². The lowest BCUT2D eigenvalue weighted by atomic mass is 10.0. The third-order valence-corrected chi connectivity index (χ3v) is 4.66. The number of carbonyl (C=O) groups excluding carboxylic acids is 1. The Balaban J connectivity index is 1.81. The minimum Gasteiger partial charge on any atom is -0.326 e. The quantitative estimate of drug-likeness (QED) is 0.739. The molecule has 2 rings (SSSR count). The van der Waals surface area contributed by atoms with Gasteiger partial charge in [0.25, 0.3) is 0 Å². The predicted molar refractivity (Wildman–Crippen MR) is 73.1 cm³/mol. The van der Waals surface area contributed by atoms with Gasteiger partial charge in [-0.15, -0.1) is 0 Å². The van der Waals surface area contributed by atoms with Crippen molar-refractivity contribution in [1.82, 2.24) is 10.2 Å². The molecule has 1 heterocycles. The Kier molecular flexibility index (Phi) is 5.16. The molecule has 17 heavy (non-hydrogen) atoms. The summed E-state index contributed by atoms with van der Waals surface area (Å²) in [6, 6.07) is 0. The smallest absolute Gasteiger partial charge is 0.237 e. The summed E-state index contributed by atoms with van der Waals surface area (Å²) >= 11 is 1.89. The molecule has 0 spiro atoms. The lowest BCUT2D eigenvalue weighted by Gasteiger charge is -2.29. The molecule has 1 aliphatic carbocycles. The molecule has 1 aliphatic heterocycles. The molecule has 2 aliphatic rings. The zero-order chi connectivity index (χ0) is 12.1. The van der Waals surface area contributed by atoms with E-state index in [1.165, 1.54) is 37.9 Å². The molecule has 1 N–H and O–H groups in total. The first-order valence-corrected chi connectivity index (χ1v) is 8.24. The van der Waals surface area contributed by atoms with Gasteiger partial charge in [0.1, 0.15) is 0 Å². The first-order valence-electron chi connectivity index (χ1n) is 6.84. The van der Waals surface area contributed by atoms with Crippen molar-refractivity contribution in [2.45, 2.75) is 44.7 Å². The van der Waals surface area contributed by atoms with Gasteiger partial charge in [-0.3, -0.25) is 10.1 Å². The number of carbonyl (C=O) groups is 1. The zero-order valence-corrected chi connectivity index (χ0v) is 11.6. The Bertz CT molecular complexity index is 254. The molecule has 0 aromatic carbocycles. The van der Waals surface area contributed by atoms with E-state index in [1.807, 2.05) is 11.8 Å². The Morgan fingerprint density at radius 3 is 2.82 bits per heavy atom. The molecule has 1 unspecified atom stereocenters. The van der Waals surface area contributed by atoms with E-state index in [0.717, 1.165) is 13.0 Å². The van der Waals surface area contributed by atoms with Crippen molar-refractivity contribution >= 4 is 17.7 Å². The van der Waals surface area contributed by atoms with Crippen LogP contribution in [0.25, 0.3) is 0 Å². The van der Waals surface area contributed by atoms with Gasteiger partial charge < -0.3 is 4.90 Å². The summed E-state index contributed by atoms with van der Waals surface area (Å²) in [6.07, 6.45) is 10.1. The number of unbranched alkanes of at least 4 members (excludes halogenated alkanes) is 1. The van der Waals surface area contributed by atoms with Gasteiger partial charge >= 0.3 is 0 Å². The summed E-state index contributed by atoms with van der Waals surface area (Å²) in [5.74, 6) is 2.23. The van der Waals surface area contributed by atoms with Crippen LogP contribution in [0.1, 0.15) is 38.5 Å². The molecule has 4 heteroatoms. The number of hydrogen-bond acceptors (Lipinski definition) is 3. The normalized spacial score (nSPS) is 26.1. The van der Waals surface area contributed by atoms with Gasteiger partial charge in [-0.2, -0.15) is 11.8 Å². The van der Waals surface area contributed by atoms with E-state index >= 15 is 0 Å². The maximum Gasteiger partial charge on any atom is 0.237 e. The fourth-order valence-electron chi connectivity index (χ4n) is 3.05. The summed E-state index contributed by atoms with van der Waals surface area (Å²) in [5, 5.41) is 3.41. The maximum absolute atomic E-state index is 11.9. The van der Waals surface area contributed by atoms with Crippen LogP contribution >= 0.6 is 11.8 Å². The van der Waals surface area contributed by atoms with E-state index in [9.17, 15) is 4.79 Å². The highest BCUT2D eigenvalue weighted by Gasteiger charge is 2.36. The molecule has 0 radical (unpaired) electrons. The van der Waals surface area contributed by atoms with Crippen LogP contribution in [0.4, 0.5) is 0 Å². The first kappa shape index (κ1) is 13.2. The van der Waals surface area contributed by atoms with E-state index in [0.29, 0.717) is 24.5 Å². The third-order valence-electron chi connectivity index (χ3n) is 3.96. The molecule has 1 atom stereocenters. The van der Waals surface area contributed by atoms with E-state index in [2.05, 4.69) is 16.5 Å². The number of thioether (sulfide) groups is 1. The van der Waals surface area contributed by atoms with Crippen molar-refractivity contribution in [1.29, 1.82) is 0 Å². The van der Waals surface area contributed by atoms with Gasteiger partial charge in [0.2, 0.25) is 5.91 Å². The van der Waals surface area contributed by atoms with Crippen LogP contribution in [0.5, 0.6) is 0 Å². The van der Waals surface area contributed by atoms with Gasteiger partial charge in [0.15, 0.2) is 0 Å². The van der Waals surface area contributed by atoms with Crippen molar-refractivity contribution in [2.75, 3.05) is 25.1 Å². The highest BCUT2D eigenvalue weighted by molar-refractivity contribution is 7.98. The molecule has 98 valence electrons. The molecule has 0 bridgehead atoms. The van der Waals surface area contributed by atoms with Gasteiger partial charge in [0.05, 0.1) is 12.7 Å². The van der Waals surface area contributed by atoms with Crippen LogP contribution in [0.15, 0.2) is 0 Å². The fourth-order valence-corrected chi connectivity index (χ4v) is 3.54. The average Bonchev–Trinajstić information content (AvgIpc) is 2.94. The van der Waals surface area contributed by atoms with Gasteiger partial charge in [0, 0.05) is 6.54 Å². The Morgan fingerprint density at radius 2 is 2.12 bits per heavy atom. The second-order valence-electron chi connectivity index (χ2n) is 5.16. The monoisotopic (exact) mass is 256 g/mol. The fraction of sp³-hybridized carbons (Fsp3) is 0.923. The molecular formula is C13H24N2OS. The number of rotatable bonds is 6. The van der Waals surface area contributed by atoms with E-state index < -0.39 is 0 Å². The zero-order valence-electron chi connectivity index (χ0n) is 10.8. The van der Waals surface area contributed by atoms with Crippen molar-refractivity contribution in [2.24, 2.45) is 5.92 Å². The summed E-state index contributed by atoms with van der Waals surface area (Å²) < 4.78 is 0. The molecule has 1 saturated carbocycles. The van der Waals surface area contributed by atoms with Crippen molar-refractivity contribution in [3.8, 4) is 0 Å². The van der Waals surface area contributed by atoms with Gasteiger partial charge in [-0.1, -0.05) is 12.8 Å². The van der Waals surface area contributed by atoms with Crippen molar-refractivity contribution in [3.63, 3.8) is 0 Å². The SMILES string of the molecule is CSCCCCN1C(=O)CNC1C1CCCC1. The second kappa shape index (κ2) is 6.64. The van der Waals surface area contributed by atoms with Crippen LogP contribution in [-0.2, 0) is 4.79 Å². The molecule has 3 nitrogen and oxygen atoms in total. The number of nitrogens with one attached hydrogen (secondary N) is 1. The summed E-state index contributed by atoms with van der Waals surface area (Å²) in [7, 11) is 0. The van der Waals surface area contributed by atoms with Crippen LogP contribution in [0.2, 0.25) is 0 Å². The number of amides is 1. The summed E-state index contributed by atoms with van der Waals surface area (Å²) in [6.45, 7) is 1.51. The molecular weight excluding hydrogens is 232 g/mol. The highest BCUT2D eigenvalue weighted by atomic mass is 32.2. The van der Waals surface area contributed by atoms with Crippen molar-refractivity contribution in [3.05, 3.63) is 0 Å². The van der Waals surface area contributed by atoms with Crippen LogP contribution in [0.3, 0.4) is 0 Å². The Hall–Kier alpha value is -0.220. The molecule has 0 aromatic heterocycles. The maximum atomic E-state index is 11.9. The van der Waals surface area contributed by atoms with Crippen LogP contribution in [0, 0.1) is 5.92 Å². The highest BCUT2D eigenvalue weighted by Crippen LogP contribution is 2.30. The first-order chi connectivity index (χ1) is 8.33. The molecule has 1 saturated heterocycles. The van der Waals surface area contributed by atoms with Gasteiger partial charge in [-0.05, 0) is 43.6 Å².